The molecule has 1 atom stereocenters. The van der Waals surface area contributed by atoms with Crippen molar-refractivity contribution in [1.82, 2.24) is 19.4 Å². The van der Waals surface area contributed by atoms with E-state index in [0.717, 1.165) is 11.5 Å². The van der Waals surface area contributed by atoms with Crippen LogP contribution in [-0.4, -0.2) is 57.7 Å². The number of carbonyl (C=O) groups is 1. The zero-order chi connectivity index (χ0) is 22.7. The van der Waals surface area contributed by atoms with E-state index in [1.165, 1.54) is 4.57 Å². The minimum atomic E-state index is -0.451. The highest BCUT2D eigenvalue weighted by Gasteiger charge is 2.25. The summed E-state index contributed by atoms with van der Waals surface area (Å²) in [5.74, 6) is 0.975. The van der Waals surface area contributed by atoms with Crippen molar-refractivity contribution in [3.05, 3.63) is 52.4 Å². The van der Waals surface area contributed by atoms with Gasteiger partial charge in [0, 0.05) is 37.2 Å². The second kappa shape index (κ2) is 9.52. The van der Waals surface area contributed by atoms with E-state index in [1.54, 1.807) is 17.0 Å². The number of carbonyl (C=O) groups excluding carboxylic acids is 1. The van der Waals surface area contributed by atoms with Crippen LogP contribution in [0.3, 0.4) is 0 Å². The van der Waals surface area contributed by atoms with Crippen molar-refractivity contribution in [2.75, 3.05) is 26.3 Å². The summed E-state index contributed by atoms with van der Waals surface area (Å²) in [5, 5.41) is 0. The molecule has 32 heavy (non-hydrogen) atoms. The molecule has 1 fully saturated rings. The van der Waals surface area contributed by atoms with E-state index in [-0.39, 0.29) is 30.9 Å². The molecule has 9 nitrogen and oxygen atoms in total. The predicted octanol–water partition coefficient (Wildman–Crippen LogP) is 2.51. The number of hydrogen-bond acceptors (Lipinski definition) is 7. The number of nitrogens with zero attached hydrogens (tertiary/aromatic N) is 4. The maximum Gasteiger partial charge on any atom is 0.419 e. The number of rotatable bonds is 7. The fourth-order valence-electron chi connectivity index (χ4n) is 3.71. The first kappa shape index (κ1) is 22.0. The van der Waals surface area contributed by atoms with Crippen LogP contribution in [0.4, 0.5) is 0 Å². The molecule has 0 N–H and O–H groups in total. The van der Waals surface area contributed by atoms with Crippen molar-refractivity contribution in [1.29, 1.82) is 0 Å². The van der Waals surface area contributed by atoms with Gasteiger partial charge in [-0.15, -0.1) is 0 Å². The normalized spacial score (nSPS) is 16.6. The quantitative estimate of drug-likeness (QED) is 0.556. The predicted molar refractivity (Wildman–Crippen MR) is 118 cm³/mol. The van der Waals surface area contributed by atoms with E-state index in [2.05, 4.69) is 9.97 Å². The van der Waals surface area contributed by atoms with Gasteiger partial charge in [0.25, 0.3) is 0 Å². The first-order chi connectivity index (χ1) is 15.4. The maximum absolute atomic E-state index is 12.8. The Bertz CT molecular complexity index is 1150. The fraction of sp³-hybridized carbons (Fsp3) is 0.478. The molecule has 1 aliphatic heterocycles. The molecule has 3 heterocycles. The topological polar surface area (TPSA) is 99.7 Å². The lowest BCUT2D eigenvalue weighted by atomic mass is 10.2. The highest BCUT2D eigenvalue weighted by atomic mass is 16.5. The molecule has 2 aromatic heterocycles. The molecule has 0 saturated carbocycles. The van der Waals surface area contributed by atoms with Crippen LogP contribution in [0.5, 0.6) is 5.88 Å². The van der Waals surface area contributed by atoms with Crippen molar-refractivity contribution in [3.8, 4) is 5.88 Å². The number of benzene rings is 1. The van der Waals surface area contributed by atoms with Gasteiger partial charge in [-0.2, -0.15) is 4.98 Å². The molecule has 0 spiro atoms. The SMILES string of the molecule is Cc1cc(OCC2CN(C(=O)CCn3c(=O)oc4ccccc43)CCO2)nc(C(C)C)n1. The van der Waals surface area contributed by atoms with Crippen LogP contribution >= 0.6 is 0 Å². The van der Waals surface area contributed by atoms with Gasteiger partial charge in [-0.05, 0) is 19.1 Å². The Balaban J connectivity index is 1.33. The lowest BCUT2D eigenvalue weighted by Crippen LogP contribution is -2.47. The zero-order valence-electron chi connectivity index (χ0n) is 18.6. The van der Waals surface area contributed by atoms with Crippen LogP contribution in [0.1, 0.15) is 37.7 Å². The first-order valence-corrected chi connectivity index (χ1v) is 10.9. The smallest absolute Gasteiger partial charge is 0.419 e. The van der Waals surface area contributed by atoms with Crippen molar-refractivity contribution < 1.29 is 18.7 Å². The van der Waals surface area contributed by atoms with E-state index >= 15 is 0 Å². The van der Waals surface area contributed by atoms with Crippen LogP contribution in [0.25, 0.3) is 11.1 Å². The standard InChI is InChI=1S/C23H28N4O5/c1-15(2)22-24-16(3)12-20(25-22)31-14-17-13-26(10-11-30-17)21(28)8-9-27-18-6-4-5-7-19(18)32-23(27)29/h4-7,12,15,17H,8-11,13-14H2,1-3H3. The van der Waals surface area contributed by atoms with Gasteiger partial charge in [-0.25, -0.2) is 9.78 Å². The number of para-hydroxylation sites is 2. The molecule has 170 valence electrons. The molecule has 3 aromatic rings. The molecule has 4 rings (SSSR count). The number of fused-ring (bicyclic) bond motifs is 1. The van der Waals surface area contributed by atoms with Gasteiger partial charge in [0.1, 0.15) is 18.5 Å². The van der Waals surface area contributed by atoms with Gasteiger partial charge in [-0.1, -0.05) is 26.0 Å². The van der Waals surface area contributed by atoms with Crippen molar-refractivity contribution in [2.24, 2.45) is 0 Å². The molecule has 1 amide bonds. The van der Waals surface area contributed by atoms with Crippen LogP contribution in [0, 0.1) is 6.92 Å². The second-order valence-electron chi connectivity index (χ2n) is 8.24. The minimum Gasteiger partial charge on any atom is -0.475 e. The Morgan fingerprint density at radius 3 is 2.91 bits per heavy atom. The molecule has 9 heteroatoms. The van der Waals surface area contributed by atoms with Crippen molar-refractivity contribution >= 4 is 17.0 Å². The zero-order valence-corrected chi connectivity index (χ0v) is 18.6. The van der Waals surface area contributed by atoms with Gasteiger partial charge in [0.05, 0.1) is 18.7 Å². The lowest BCUT2D eigenvalue weighted by Gasteiger charge is -2.32. The van der Waals surface area contributed by atoms with Gasteiger partial charge in [-0.3, -0.25) is 9.36 Å². The second-order valence-corrected chi connectivity index (χ2v) is 8.24. The molecular formula is C23H28N4O5. The summed E-state index contributed by atoms with van der Waals surface area (Å²) in [6.07, 6.45) is -0.0391. The number of oxazole rings is 1. The number of morpholine rings is 1. The van der Waals surface area contributed by atoms with E-state index in [1.807, 2.05) is 39.0 Å². The third-order valence-electron chi connectivity index (χ3n) is 5.40. The molecule has 1 unspecified atom stereocenters. The van der Waals surface area contributed by atoms with Crippen LogP contribution in [0.2, 0.25) is 0 Å². The summed E-state index contributed by atoms with van der Waals surface area (Å²) in [5.41, 5.74) is 2.07. The van der Waals surface area contributed by atoms with Crippen LogP contribution in [0.15, 0.2) is 39.5 Å². The molecule has 0 aliphatic carbocycles. The summed E-state index contributed by atoms with van der Waals surface area (Å²) in [4.78, 5) is 35.5. The molecular weight excluding hydrogens is 412 g/mol. The molecule has 1 aliphatic rings. The Morgan fingerprint density at radius 1 is 1.28 bits per heavy atom. The number of amides is 1. The Morgan fingerprint density at radius 2 is 2.09 bits per heavy atom. The van der Waals surface area contributed by atoms with Crippen molar-refractivity contribution in [2.45, 2.75) is 45.8 Å². The largest absolute Gasteiger partial charge is 0.475 e. The summed E-state index contributed by atoms with van der Waals surface area (Å²) < 4.78 is 18.4. The monoisotopic (exact) mass is 440 g/mol. The summed E-state index contributed by atoms with van der Waals surface area (Å²) in [6.45, 7) is 7.93. The van der Waals surface area contributed by atoms with E-state index in [0.29, 0.717) is 43.3 Å². The molecule has 0 radical (unpaired) electrons. The van der Waals surface area contributed by atoms with Gasteiger partial charge in [0.2, 0.25) is 11.8 Å². The van der Waals surface area contributed by atoms with Gasteiger partial charge in [0.15, 0.2) is 5.58 Å². The number of ether oxygens (including phenoxy) is 2. The number of aryl methyl sites for hydroxylation is 2. The van der Waals surface area contributed by atoms with Gasteiger partial charge >= 0.3 is 5.76 Å². The maximum atomic E-state index is 12.8. The third kappa shape index (κ3) is 4.99. The summed E-state index contributed by atoms with van der Waals surface area (Å²) in [6, 6.07) is 9.00. The highest BCUT2D eigenvalue weighted by molar-refractivity contribution is 5.77. The molecule has 1 aromatic carbocycles. The van der Waals surface area contributed by atoms with E-state index in [4.69, 9.17) is 13.9 Å². The summed E-state index contributed by atoms with van der Waals surface area (Å²) >= 11 is 0. The van der Waals surface area contributed by atoms with Crippen molar-refractivity contribution in [3.63, 3.8) is 0 Å². The van der Waals surface area contributed by atoms with Crippen LogP contribution < -0.4 is 10.5 Å². The van der Waals surface area contributed by atoms with Gasteiger partial charge < -0.3 is 18.8 Å². The Hall–Kier alpha value is -3.20. The fourth-order valence-corrected chi connectivity index (χ4v) is 3.71. The number of aromatic nitrogens is 3. The number of hydrogen-bond donors (Lipinski definition) is 0. The molecule has 1 saturated heterocycles. The van der Waals surface area contributed by atoms with E-state index < -0.39 is 5.76 Å². The average molecular weight is 441 g/mol. The van der Waals surface area contributed by atoms with E-state index in [9.17, 15) is 9.59 Å². The molecule has 0 bridgehead atoms. The minimum absolute atomic E-state index is 0.0320. The lowest BCUT2D eigenvalue weighted by molar-refractivity contribution is -0.140. The first-order valence-electron chi connectivity index (χ1n) is 10.9. The Labute approximate surface area is 186 Å². The van der Waals surface area contributed by atoms with Crippen LogP contribution in [-0.2, 0) is 16.1 Å². The average Bonchev–Trinajstić information content (AvgIpc) is 3.10. The Kier molecular flexibility index (Phi) is 6.55. The third-order valence-corrected chi connectivity index (χ3v) is 5.40. The highest BCUT2D eigenvalue weighted by Crippen LogP contribution is 2.17. The summed E-state index contributed by atoms with van der Waals surface area (Å²) in [7, 11) is 0.